The van der Waals surface area contributed by atoms with Crippen molar-refractivity contribution in [3.63, 3.8) is 0 Å². The predicted molar refractivity (Wildman–Crippen MR) is 88.2 cm³/mol. The van der Waals surface area contributed by atoms with E-state index in [1.807, 2.05) is 81.4 Å². The van der Waals surface area contributed by atoms with E-state index in [1.165, 1.54) is 5.06 Å². The molecule has 0 spiro atoms. The zero-order chi connectivity index (χ0) is 16.2. The van der Waals surface area contributed by atoms with E-state index in [2.05, 4.69) is 0 Å². The first-order valence-electron chi connectivity index (χ1n) is 7.43. The van der Waals surface area contributed by atoms with Crippen molar-refractivity contribution in [2.24, 2.45) is 0 Å². The number of rotatable bonds is 5. The molecule has 0 aromatic heterocycles. The van der Waals surface area contributed by atoms with E-state index in [0.29, 0.717) is 23.5 Å². The van der Waals surface area contributed by atoms with Gasteiger partial charge in [0.15, 0.2) is 0 Å². The summed E-state index contributed by atoms with van der Waals surface area (Å²) in [7, 11) is 0. The molecule has 116 valence electrons. The van der Waals surface area contributed by atoms with Crippen molar-refractivity contribution in [2.45, 2.75) is 32.7 Å². The number of hydrogen-bond acceptors (Lipinski definition) is 3. The minimum atomic E-state index is -0.763. The van der Waals surface area contributed by atoms with Crippen LogP contribution in [0.25, 0.3) is 0 Å². The Hall–Kier alpha value is -2.33. The van der Waals surface area contributed by atoms with Gasteiger partial charge in [-0.25, -0.2) is 5.06 Å². The van der Waals surface area contributed by atoms with E-state index in [4.69, 9.17) is 0 Å². The van der Waals surface area contributed by atoms with Crippen molar-refractivity contribution in [1.29, 1.82) is 0 Å². The molecule has 0 amide bonds. The number of nitrogens with zero attached hydrogens (tertiary/aromatic N) is 2. The molecule has 0 unspecified atom stereocenters. The Labute approximate surface area is 131 Å². The first-order valence-corrected chi connectivity index (χ1v) is 7.43. The molecule has 0 aliphatic carbocycles. The monoisotopic (exact) mass is 299 g/mol. The molecule has 0 aliphatic rings. The highest BCUT2D eigenvalue weighted by atomic mass is 16.5. The van der Waals surface area contributed by atoms with Crippen LogP contribution in [0, 0.1) is 0 Å². The fourth-order valence-electron chi connectivity index (χ4n) is 2.58. The van der Waals surface area contributed by atoms with E-state index in [0.717, 1.165) is 4.74 Å². The number of anilines is 1. The third-order valence-corrected chi connectivity index (χ3v) is 3.83. The summed E-state index contributed by atoms with van der Waals surface area (Å²) in [6, 6.07) is 18.6. The van der Waals surface area contributed by atoms with Crippen molar-refractivity contribution in [3.05, 3.63) is 60.7 Å². The summed E-state index contributed by atoms with van der Waals surface area (Å²) in [6.07, 6.45) is 0.599. The van der Waals surface area contributed by atoms with Crippen molar-refractivity contribution >= 4 is 17.1 Å². The van der Waals surface area contributed by atoms with Crippen LogP contribution in [0.2, 0.25) is 0 Å². The topological polar surface area (TPSA) is 46.7 Å². The van der Waals surface area contributed by atoms with Crippen LogP contribution in [0.15, 0.2) is 60.7 Å². The van der Waals surface area contributed by atoms with Gasteiger partial charge >= 0.3 is 0 Å². The molecule has 0 bridgehead atoms. The third kappa shape index (κ3) is 3.12. The van der Waals surface area contributed by atoms with Gasteiger partial charge in [-0.1, -0.05) is 43.3 Å². The standard InChI is InChI=1S/C18H23N2O2/c1-4-17(19(21)15-11-7-5-8-12-15)18(2,3)20(22)16-13-9-6-10-14-16/h5-14,21-22H,4H2,1-3H3/q+1/b19-17-. The maximum absolute atomic E-state index is 10.6. The van der Waals surface area contributed by atoms with Gasteiger partial charge in [0, 0.05) is 23.3 Å². The van der Waals surface area contributed by atoms with Gasteiger partial charge in [0.2, 0.25) is 5.71 Å². The van der Waals surface area contributed by atoms with Crippen LogP contribution in [0.5, 0.6) is 0 Å². The Kier molecular flexibility index (Phi) is 4.83. The fraction of sp³-hybridized carbons (Fsp3) is 0.278. The molecule has 22 heavy (non-hydrogen) atoms. The lowest BCUT2D eigenvalue weighted by molar-refractivity contribution is -0.715. The van der Waals surface area contributed by atoms with Crippen LogP contribution in [-0.4, -0.2) is 26.4 Å². The van der Waals surface area contributed by atoms with Crippen molar-refractivity contribution in [2.75, 3.05) is 5.06 Å². The fourth-order valence-corrected chi connectivity index (χ4v) is 2.58. The smallest absolute Gasteiger partial charge is 0.257 e. The van der Waals surface area contributed by atoms with E-state index >= 15 is 0 Å². The quantitative estimate of drug-likeness (QED) is 0.375. The Bertz CT molecular complexity index is 637. The minimum Gasteiger partial charge on any atom is -0.287 e. The summed E-state index contributed by atoms with van der Waals surface area (Å²) in [4.78, 5) is 0. The Balaban J connectivity index is 2.45. The maximum atomic E-state index is 10.6. The van der Waals surface area contributed by atoms with Gasteiger partial charge in [0.25, 0.3) is 5.69 Å². The molecule has 0 aliphatic heterocycles. The number of benzene rings is 2. The van der Waals surface area contributed by atoms with Gasteiger partial charge in [-0.2, -0.15) is 0 Å². The van der Waals surface area contributed by atoms with E-state index < -0.39 is 5.54 Å². The molecule has 2 rings (SSSR count). The lowest BCUT2D eigenvalue weighted by atomic mass is 9.94. The SMILES string of the molecule is CC/C(=[N+](/O)c1ccccc1)C(C)(C)N(O)c1ccccc1. The van der Waals surface area contributed by atoms with Gasteiger partial charge in [-0.15, -0.1) is 0 Å². The molecule has 0 saturated carbocycles. The highest BCUT2D eigenvalue weighted by molar-refractivity contribution is 5.91. The summed E-state index contributed by atoms with van der Waals surface area (Å²) in [6.45, 7) is 5.72. The molecular formula is C18H23N2O2+. The minimum absolute atomic E-state index is 0.599. The zero-order valence-corrected chi connectivity index (χ0v) is 13.3. The molecule has 0 radical (unpaired) electrons. The van der Waals surface area contributed by atoms with Crippen LogP contribution in [-0.2, 0) is 0 Å². The van der Waals surface area contributed by atoms with Crippen molar-refractivity contribution < 1.29 is 15.2 Å². The molecular weight excluding hydrogens is 276 g/mol. The molecule has 0 saturated heterocycles. The second kappa shape index (κ2) is 6.62. The summed E-state index contributed by atoms with van der Waals surface area (Å²) in [5.74, 6) is 0. The second-order valence-electron chi connectivity index (χ2n) is 5.65. The first kappa shape index (κ1) is 16.0. The molecule has 2 N–H and O–H groups in total. The van der Waals surface area contributed by atoms with E-state index in [9.17, 15) is 10.4 Å². The maximum Gasteiger partial charge on any atom is 0.257 e. The molecule has 0 fully saturated rings. The van der Waals surface area contributed by atoms with Crippen LogP contribution in [0.4, 0.5) is 11.4 Å². The summed E-state index contributed by atoms with van der Waals surface area (Å²) in [5, 5.41) is 22.4. The third-order valence-electron chi connectivity index (χ3n) is 3.83. The van der Waals surface area contributed by atoms with Gasteiger partial charge in [0.05, 0.1) is 5.69 Å². The Morgan fingerprint density at radius 1 is 1.00 bits per heavy atom. The molecule has 2 aromatic rings. The van der Waals surface area contributed by atoms with Crippen molar-refractivity contribution in [3.8, 4) is 0 Å². The first-order chi connectivity index (χ1) is 10.5. The lowest BCUT2D eigenvalue weighted by Gasteiger charge is -2.32. The number of hydroxylamine groups is 1. The largest absolute Gasteiger partial charge is 0.287 e. The van der Waals surface area contributed by atoms with Gasteiger partial charge in [-0.3, -0.25) is 10.4 Å². The summed E-state index contributed by atoms with van der Waals surface area (Å²) in [5.41, 5.74) is 1.29. The zero-order valence-electron chi connectivity index (χ0n) is 13.3. The lowest BCUT2D eigenvalue weighted by Crippen LogP contribution is -2.51. The highest BCUT2D eigenvalue weighted by Crippen LogP contribution is 2.25. The van der Waals surface area contributed by atoms with Crippen LogP contribution < -0.4 is 5.06 Å². The van der Waals surface area contributed by atoms with E-state index in [-0.39, 0.29) is 0 Å². The molecule has 0 atom stereocenters. The second-order valence-corrected chi connectivity index (χ2v) is 5.65. The highest BCUT2D eigenvalue weighted by Gasteiger charge is 2.39. The van der Waals surface area contributed by atoms with Gasteiger partial charge < -0.3 is 0 Å². The molecule has 0 heterocycles. The molecule has 4 nitrogen and oxygen atoms in total. The number of para-hydroxylation sites is 2. The van der Waals surface area contributed by atoms with Gasteiger partial charge in [0.1, 0.15) is 5.54 Å². The Morgan fingerprint density at radius 3 is 2.00 bits per heavy atom. The molecule has 2 aromatic carbocycles. The molecule has 4 heteroatoms. The number of hydrogen-bond donors (Lipinski definition) is 2. The van der Waals surface area contributed by atoms with Crippen LogP contribution in [0.1, 0.15) is 27.2 Å². The average molecular weight is 299 g/mol. The average Bonchev–Trinajstić information content (AvgIpc) is 2.56. The summed E-state index contributed by atoms with van der Waals surface area (Å²) >= 11 is 0. The Morgan fingerprint density at radius 2 is 1.50 bits per heavy atom. The predicted octanol–water partition coefficient (Wildman–Crippen LogP) is 4.25. The normalized spacial score (nSPS) is 12.7. The van der Waals surface area contributed by atoms with Crippen molar-refractivity contribution in [1.82, 2.24) is 0 Å². The summed E-state index contributed by atoms with van der Waals surface area (Å²) < 4.78 is 1.16. The van der Waals surface area contributed by atoms with Crippen LogP contribution in [0.3, 0.4) is 0 Å². The van der Waals surface area contributed by atoms with Gasteiger partial charge in [-0.05, 0) is 26.0 Å². The van der Waals surface area contributed by atoms with Crippen LogP contribution >= 0.6 is 0 Å². The van der Waals surface area contributed by atoms with E-state index in [1.54, 1.807) is 0 Å².